The van der Waals surface area contributed by atoms with Crippen molar-refractivity contribution in [3.05, 3.63) is 75.9 Å². The molecule has 3 aromatic rings. The van der Waals surface area contributed by atoms with Crippen LogP contribution >= 0.6 is 11.3 Å². The molecule has 1 atom stereocenters. The molecule has 0 aliphatic carbocycles. The minimum Gasteiger partial charge on any atom is -0.494 e. The fourth-order valence-electron chi connectivity index (χ4n) is 4.44. The van der Waals surface area contributed by atoms with Crippen molar-refractivity contribution in [1.29, 1.82) is 0 Å². The second-order valence-electron chi connectivity index (χ2n) is 8.90. The standard InChI is InChI=1S/C28H32N4O3S/c1-4-35-22-9-5-8-21(15-22)19(2)13-26(33)31-28-24(17-29-3)23-10-12-32(18-25(23)36-28)27(34)14-20-7-6-11-30-16-20/h5-9,11,15-17,19H,4,10,12-14,18H2,1-3H3,(H,31,33). The number of anilines is 1. The molecule has 1 aliphatic rings. The number of rotatable bonds is 9. The van der Waals surface area contributed by atoms with Gasteiger partial charge in [-0.05, 0) is 54.2 Å². The maximum absolute atomic E-state index is 13.0. The van der Waals surface area contributed by atoms with Crippen LogP contribution in [0.25, 0.3) is 0 Å². The van der Waals surface area contributed by atoms with E-state index >= 15 is 0 Å². The number of nitrogens with one attached hydrogen (secondary N) is 1. The first kappa shape index (κ1) is 25.6. The Morgan fingerprint density at radius 3 is 2.92 bits per heavy atom. The number of nitrogens with zero attached hydrogens (tertiary/aromatic N) is 3. The van der Waals surface area contributed by atoms with E-state index in [-0.39, 0.29) is 17.7 Å². The minimum atomic E-state index is -0.0434. The Balaban J connectivity index is 1.44. The van der Waals surface area contributed by atoms with Crippen LogP contribution in [0.4, 0.5) is 5.00 Å². The predicted octanol–water partition coefficient (Wildman–Crippen LogP) is 4.85. The highest BCUT2D eigenvalue weighted by molar-refractivity contribution is 7.16. The summed E-state index contributed by atoms with van der Waals surface area (Å²) >= 11 is 1.54. The number of hydrogen-bond acceptors (Lipinski definition) is 6. The molecule has 188 valence electrons. The Morgan fingerprint density at radius 1 is 1.31 bits per heavy atom. The molecule has 7 nitrogen and oxygen atoms in total. The molecule has 0 spiro atoms. The molecule has 1 unspecified atom stereocenters. The quantitative estimate of drug-likeness (QED) is 0.422. The summed E-state index contributed by atoms with van der Waals surface area (Å²) in [7, 11) is 1.73. The van der Waals surface area contributed by atoms with Gasteiger partial charge in [-0.1, -0.05) is 25.1 Å². The summed E-state index contributed by atoms with van der Waals surface area (Å²) in [5, 5.41) is 3.92. The predicted molar refractivity (Wildman–Crippen MR) is 144 cm³/mol. The first-order chi connectivity index (χ1) is 17.5. The lowest BCUT2D eigenvalue weighted by Gasteiger charge is -2.27. The van der Waals surface area contributed by atoms with Crippen LogP contribution < -0.4 is 10.1 Å². The molecule has 0 radical (unpaired) electrons. The topological polar surface area (TPSA) is 83.9 Å². The molecule has 2 amide bonds. The van der Waals surface area contributed by atoms with Crippen molar-refractivity contribution < 1.29 is 14.3 Å². The van der Waals surface area contributed by atoms with E-state index in [2.05, 4.69) is 15.3 Å². The van der Waals surface area contributed by atoms with Crippen LogP contribution in [0.5, 0.6) is 5.75 Å². The van der Waals surface area contributed by atoms with Gasteiger partial charge >= 0.3 is 0 Å². The van der Waals surface area contributed by atoms with E-state index in [0.717, 1.165) is 38.7 Å². The lowest BCUT2D eigenvalue weighted by atomic mass is 9.97. The zero-order chi connectivity index (χ0) is 25.5. The van der Waals surface area contributed by atoms with Crippen molar-refractivity contribution in [2.24, 2.45) is 4.99 Å². The molecule has 0 saturated carbocycles. The normalized spacial score (nSPS) is 13.9. The van der Waals surface area contributed by atoms with Gasteiger partial charge in [-0.3, -0.25) is 19.6 Å². The highest BCUT2D eigenvalue weighted by Gasteiger charge is 2.27. The second kappa shape index (κ2) is 11.9. The number of aliphatic imine (C=N–C) groups is 1. The molecule has 1 N–H and O–H groups in total. The summed E-state index contributed by atoms with van der Waals surface area (Å²) in [4.78, 5) is 37.2. The Hall–Kier alpha value is -3.52. The molecule has 1 aromatic carbocycles. The van der Waals surface area contributed by atoms with E-state index in [1.807, 2.05) is 61.4 Å². The highest BCUT2D eigenvalue weighted by Crippen LogP contribution is 2.37. The summed E-state index contributed by atoms with van der Waals surface area (Å²) in [5.41, 5.74) is 4.10. The van der Waals surface area contributed by atoms with Crippen LogP contribution in [-0.2, 0) is 29.0 Å². The van der Waals surface area contributed by atoms with Gasteiger partial charge in [0.25, 0.3) is 0 Å². The van der Waals surface area contributed by atoms with Crippen molar-refractivity contribution in [2.45, 2.75) is 45.6 Å². The lowest BCUT2D eigenvalue weighted by molar-refractivity contribution is -0.131. The summed E-state index contributed by atoms with van der Waals surface area (Å²) in [6.45, 7) is 5.80. The number of carbonyl (C=O) groups excluding carboxylic acids is 2. The Bertz CT molecular complexity index is 1240. The second-order valence-corrected chi connectivity index (χ2v) is 10.0. The van der Waals surface area contributed by atoms with Crippen molar-refractivity contribution in [3.8, 4) is 5.75 Å². The van der Waals surface area contributed by atoms with E-state index in [0.29, 0.717) is 32.5 Å². The number of amides is 2. The first-order valence-corrected chi connectivity index (χ1v) is 13.1. The average Bonchev–Trinajstić information content (AvgIpc) is 3.21. The third kappa shape index (κ3) is 6.18. The van der Waals surface area contributed by atoms with E-state index in [1.165, 1.54) is 5.56 Å². The zero-order valence-electron chi connectivity index (χ0n) is 21.0. The largest absolute Gasteiger partial charge is 0.494 e. The van der Waals surface area contributed by atoms with Gasteiger partial charge in [0.1, 0.15) is 10.8 Å². The Labute approximate surface area is 216 Å². The van der Waals surface area contributed by atoms with Gasteiger partial charge in [0.2, 0.25) is 11.8 Å². The Morgan fingerprint density at radius 2 is 2.17 bits per heavy atom. The van der Waals surface area contributed by atoms with Gasteiger partial charge in [0.15, 0.2) is 0 Å². The summed E-state index contributed by atoms with van der Waals surface area (Å²) in [6, 6.07) is 11.7. The number of carbonyl (C=O) groups is 2. The number of benzene rings is 1. The van der Waals surface area contributed by atoms with E-state index < -0.39 is 0 Å². The lowest BCUT2D eigenvalue weighted by Crippen LogP contribution is -2.36. The van der Waals surface area contributed by atoms with Crippen LogP contribution in [0.2, 0.25) is 0 Å². The zero-order valence-corrected chi connectivity index (χ0v) is 21.8. The molecule has 2 aromatic heterocycles. The van der Waals surface area contributed by atoms with Crippen molar-refractivity contribution in [3.63, 3.8) is 0 Å². The van der Waals surface area contributed by atoms with Gasteiger partial charge in [0.05, 0.1) is 19.6 Å². The van der Waals surface area contributed by atoms with Gasteiger partial charge in [-0.25, -0.2) is 0 Å². The number of thiophene rings is 1. The van der Waals surface area contributed by atoms with Gasteiger partial charge in [0, 0.05) is 49.1 Å². The van der Waals surface area contributed by atoms with Crippen LogP contribution in [0.1, 0.15) is 53.3 Å². The fourth-order valence-corrected chi connectivity index (χ4v) is 5.69. The smallest absolute Gasteiger partial charge is 0.227 e. The van der Waals surface area contributed by atoms with E-state index in [4.69, 9.17) is 4.74 Å². The monoisotopic (exact) mass is 504 g/mol. The van der Waals surface area contributed by atoms with E-state index in [1.54, 1.807) is 30.8 Å². The molecule has 0 saturated heterocycles. The van der Waals surface area contributed by atoms with Crippen LogP contribution in [0.15, 0.2) is 53.8 Å². The molecule has 0 bridgehead atoms. The first-order valence-electron chi connectivity index (χ1n) is 12.2. The molecular formula is C28H32N4O3S. The van der Waals surface area contributed by atoms with Crippen molar-refractivity contribution in [1.82, 2.24) is 9.88 Å². The third-order valence-electron chi connectivity index (χ3n) is 6.27. The van der Waals surface area contributed by atoms with Crippen molar-refractivity contribution in [2.75, 3.05) is 25.5 Å². The molecule has 36 heavy (non-hydrogen) atoms. The number of fused-ring (bicyclic) bond motifs is 1. The van der Waals surface area contributed by atoms with Gasteiger partial charge in [-0.15, -0.1) is 11.3 Å². The number of ether oxygens (including phenoxy) is 1. The molecular weight excluding hydrogens is 472 g/mol. The van der Waals surface area contributed by atoms with Crippen molar-refractivity contribution >= 4 is 34.4 Å². The third-order valence-corrected chi connectivity index (χ3v) is 7.42. The SMILES string of the molecule is CCOc1cccc(C(C)CC(=O)Nc2sc3c(c2C=NC)CCN(C(=O)Cc2cccnc2)C3)c1. The number of aromatic nitrogens is 1. The molecule has 4 rings (SSSR count). The average molecular weight is 505 g/mol. The molecule has 3 heterocycles. The number of hydrogen-bond donors (Lipinski definition) is 1. The minimum absolute atomic E-state index is 0.0434. The fraction of sp³-hybridized carbons (Fsp3) is 0.357. The number of pyridine rings is 1. The summed E-state index contributed by atoms with van der Waals surface area (Å²) < 4.78 is 5.60. The van der Waals surface area contributed by atoms with Crippen LogP contribution in [0, 0.1) is 0 Å². The summed E-state index contributed by atoms with van der Waals surface area (Å²) in [5.74, 6) is 0.903. The maximum Gasteiger partial charge on any atom is 0.227 e. The molecule has 8 heteroatoms. The summed E-state index contributed by atoms with van der Waals surface area (Å²) in [6.07, 6.45) is 6.68. The molecule has 1 aliphatic heterocycles. The van der Waals surface area contributed by atoms with Gasteiger partial charge in [-0.2, -0.15) is 0 Å². The van der Waals surface area contributed by atoms with E-state index in [9.17, 15) is 9.59 Å². The van der Waals surface area contributed by atoms with Gasteiger partial charge < -0.3 is 15.0 Å². The Kier molecular flexibility index (Phi) is 8.48. The van der Waals surface area contributed by atoms with Crippen LogP contribution in [-0.4, -0.2) is 48.1 Å². The maximum atomic E-state index is 13.0. The highest BCUT2D eigenvalue weighted by atomic mass is 32.1. The molecule has 0 fully saturated rings. The van der Waals surface area contributed by atoms with Crippen LogP contribution in [0.3, 0.4) is 0 Å².